The lowest BCUT2D eigenvalue weighted by Crippen LogP contribution is -2.45. The molecule has 0 fully saturated rings. The maximum Gasteiger partial charge on any atom is 0.431 e. The summed E-state index contributed by atoms with van der Waals surface area (Å²) < 4.78 is 0. The molecule has 1 aromatic carbocycles. The molecule has 86 valence electrons. The van der Waals surface area contributed by atoms with Crippen molar-refractivity contribution in [3.8, 4) is 0 Å². The van der Waals surface area contributed by atoms with Crippen LogP contribution in [0.1, 0.15) is 0 Å². The Kier molecular flexibility index (Phi) is 4.01. The highest BCUT2D eigenvalue weighted by Crippen LogP contribution is 2.27. The van der Waals surface area contributed by atoms with Crippen molar-refractivity contribution < 1.29 is 19.8 Å². The molecule has 0 aliphatic rings. The van der Waals surface area contributed by atoms with Crippen LogP contribution >= 0.6 is 11.8 Å². The molecule has 0 aliphatic carbocycles. The summed E-state index contributed by atoms with van der Waals surface area (Å²) in [5.74, 6) is 0. The second-order valence-corrected chi connectivity index (χ2v) is 3.55. The van der Waals surface area contributed by atoms with Gasteiger partial charge in [0.1, 0.15) is 0 Å². The lowest BCUT2D eigenvalue weighted by atomic mass is 10.3. The van der Waals surface area contributed by atoms with E-state index in [1.807, 2.05) is 5.43 Å². The number of thioether (sulfide) groups is 1. The Morgan fingerprint density at radius 3 is 2.44 bits per heavy atom. The van der Waals surface area contributed by atoms with E-state index in [0.29, 0.717) is 9.90 Å². The minimum Gasteiger partial charge on any atom is -0.464 e. The summed E-state index contributed by atoms with van der Waals surface area (Å²) in [5, 5.41) is 18.0. The molecular weight excluding hydrogens is 232 g/mol. The van der Waals surface area contributed by atoms with Crippen LogP contribution in [0.3, 0.4) is 0 Å². The SMILES string of the molecule is CSc1ccccc1N(NC(=O)O)C(=O)O. The monoisotopic (exact) mass is 242 g/mol. The normalized spacial score (nSPS) is 9.56. The Balaban J connectivity index is 3.10. The molecule has 0 unspecified atom stereocenters. The zero-order chi connectivity index (χ0) is 12.1. The Hall–Kier alpha value is -1.89. The molecule has 0 aliphatic heterocycles. The van der Waals surface area contributed by atoms with Crippen LogP contribution in [0.4, 0.5) is 15.3 Å². The van der Waals surface area contributed by atoms with Crippen LogP contribution in [0.5, 0.6) is 0 Å². The maximum absolute atomic E-state index is 10.9. The number of hydrogen-bond donors (Lipinski definition) is 3. The van der Waals surface area contributed by atoms with Crippen LogP contribution in [-0.2, 0) is 0 Å². The van der Waals surface area contributed by atoms with Crippen molar-refractivity contribution in [1.82, 2.24) is 5.43 Å². The zero-order valence-corrected chi connectivity index (χ0v) is 9.19. The van der Waals surface area contributed by atoms with E-state index in [4.69, 9.17) is 10.2 Å². The number of benzene rings is 1. The topological polar surface area (TPSA) is 89.9 Å². The first-order valence-electron chi connectivity index (χ1n) is 4.22. The zero-order valence-electron chi connectivity index (χ0n) is 8.38. The number of anilines is 1. The Morgan fingerprint density at radius 2 is 1.94 bits per heavy atom. The summed E-state index contributed by atoms with van der Waals surface area (Å²) in [6, 6.07) is 6.61. The van der Waals surface area contributed by atoms with Gasteiger partial charge in [-0.3, -0.25) is 0 Å². The van der Waals surface area contributed by atoms with E-state index in [1.54, 1.807) is 24.5 Å². The van der Waals surface area contributed by atoms with Crippen molar-refractivity contribution >= 4 is 29.6 Å². The van der Waals surface area contributed by atoms with E-state index in [9.17, 15) is 9.59 Å². The van der Waals surface area contributed by atoms with Crippen molar-refractivity contribution in [2.75, 3.05) is 11.3 Å². The fourth-order valence-corrected chi connectivity index (χ4v) is 1.70. The largest absolute Gasteiger partial charge is 0.464 e. The third-order valence-corrected chi connectivity index (χ3v) is 2.51. The van der Waals surface area contributed by atoms with E-state index in [-0.39, 0.29) is 5.69 Å². The van der Waals surface area contributed by atoms with Crippen molar-refractivity contribution in [1.29, 1.82) is 0 Å². The lowest BCUT2D eigenvalue weighted by Gasteiger charge is -2.20. The van der Waals surface area contributed by atoms with Crippen molar-refractivity contribution in [3.05, 3.63) is 24.3 Å². The second kappa shape index (κ2) is 5.26. The van der Waals surface area contributed by atoms with Gasteiger partial charge in [-0.05, 0) is 18.4 Å². The minimum atomic E-state index is -1.43. The first kappa shape index (κ1) is 12.2. The molecule has 0 bridgehead atoms. The smallest absolute Gasteiger partial charge is 0.431 e. The van der Waals surface area contributed by atoms with Gasteiger partial charge < -0.3 is 10.2 Å². The van der Waals surface area contributed by atoms with Crippen molar-refractivity contribution in [2.24, 2.45) is 0 Å². The maximum atomic E-state index is 10.9. The number of nitrogens with one attached hydrogen (secondary N) is 1. The molecule has 0 saturated heterocycles. The predicted molar refractivity (Wildman–Crippen MR) is 59.9 cm³/mol. The summed E-state index contributed by atoms with van der Waals surface area (Å²) in [6.45, 7) is 0. The van der Waals surface area contributed by atoms with Gasteiger partial charge in [-0.2, -0.15) is 5.01 Å². The highest BCUT2D eigenvalue weighted by Gasteiger charge is 2.19. The third-order valence-electron chi connectivity index (χ3n) is 1.72. The van der Waals surface area contributed by atoms with Gasteiger partial charge in [0.05, 0.1) is 5.69 Å². The summed E-state index contributed by atoms with van der Waals surface area (Å²) in [4.78, 5) is 22.0. The van der Waals surface area contributed by atoms with Gasteiger partial charge in [-0.25, -0.2) is 15.0 Å². The average molecular weight is 242 g/mol. The molecule has 3 N–H and O–H groups in total. The van der Waals surface area contributed by atoms with E-state index < -0.39 is 12.2 Å². The van der Waals surface area contributed by atoms with Crippen LogP contribution in [-0.4, -0.2) is 28.7 Å². The Labute approximate surface area is 95.8 Å². The van der Waals surface area contributed by atoms with Crippen LogP contribution < -0.4 is 10.4 Å². The highest BCUT2D eigenvalue weighted by molar-refractivity contribution is 7.98. The number of hydrogen-bond acceptors (Lipinski definition) is 3. The fourth-order valence-electron chi connectivity index (χ4n) is 1.12. The lowest BCUT2D eigenvalue weighted by molar-refractivity contribution is 0.181. The summed E-state index contributed by atoms with van der Waals surface area (Å²) >= 11 is 1.33. The van der Waals surface area contributed by atoms with Gasteiger partial charge in [0.25, 0.3) is 0 Å². The standard InChI is InChI=1S/C9H10N2O4S/c1-16-7-5-3-2-4-6(7)11(9(14)15)10-8(12)13/h2-5,10H,1H3,(H,12,13)(H,14,15). The molecule has 1 aromatic rings. The Bertz CT molecular complexity index is 410. The molecular formula is C9H10N2O4S. The molecule has 0 spiro atoms. The summed E-state index contributed by atoms with van der Waals surface area (Å²) in [5.41, 5.74) is 2.09. The van der Waals surface area contributed by atoms with E-state index in [2.05, 4.69) is 0 Å². The van der Waals surface area contributed by atoms with Crippen LogP contribution in [0.25, 0.3) is 0 Å². The number of nitrogens with zero attached hydrogens (tertiary/aromatic N) is 1. The molecule has 0 radical (unpaired) electrons. The minimum absolute atomic E-state index is 0.282. The Morgan fingerprint density at radius 1 is 1.31 bits per heavy atom. The van der Waals surface area contributed by atoms with Gasteiger partial charge in [0, 0.05) is 4.90 Å². The van der Waals surface area contributed by atoms with Crippen LogP contribution in [0, 0.1) is 0 Å². The first-order valence-corrected chi connectivity index (χ1v) is 5.44. The van der Waals surface area contributed by atoms with Crippen molar-refractivity contribution in [3.63, 3.8) is 0 Å². The van der Waals surface area contributed by atoms with Gasteiger partial charge in [-0.15, -0.1) is 11.8 Å². The molecule has 1 rings (SSSR count). The van der Waals surface area contributed by atoms with Gasteiger partial charge in [-0.1, -0.05) is 12.1 Å². The van der Waals surface area contributed by atoms with Crippen molar-refractivity contribution in [2.45, 2.75) is 4.90 Å². The molecule has 6 nitrogen and oxygen atoms in total. The number of hydrazine groups is 1. The highest BCUT2D eigenvalue weighted by atomic mass is 32.2. The van der Waals surface area contributed by atoms with E-state index in [1.165, 1.54) is 17.8 Å². The van der Waals surface area contributed by atoms with Crippen LogP contribution in [0.2, 0.25) is 0 Å². The van der Waals surface area contributed by atoms with E-state index in [0.717, 1.165) is 0 Å². The van der Waals surface area contributed by atoms with Gasteiger partial charge in [0.15, 0.2) is 0 Å². The molecule has 7 heteroatoms. The molecule has 0 atom stereocenters. The van der Waals surface area contributed by atoms with Gasteiger partial charge in [0.2, 0.25) is 0 Å². The predicted octanol–water partition coefficient (Wildman–Crippen LogP) is 2.08. The molecule has 0 heterocycles. The number of rotatable bonds is 2. The van der Waals surface area contributed by atoms with E-state index >= 15 is 0 Å². The number of carboxylic acid groups (broad SMARTS) is 2. The number of carbonyl (C=O) groups is 2. The first-order chi connectivity index (χ1) is 7.56. The third kappa shape index (κ3) is 2.80. The molecule has 16 heavy (non-hydrogen) atoms. The van der Waals surface area contributed by atoms with Gasteiger partial charge >= 0.3 is 12.2 Å². The quantitative estimate of drug-likeness (QED) is 0.545. The molecule has 0 aromatic heterocycles. The number of para-hydroxylation sites is 1. The molecule has 2 amide bonds. The number of amides is 2. The fraction of sp³-hybridized carbons (Fsp3) is 0.111. The summed E-state index contributed by atoms with van der Waals surface area (Å²) in [6.07, 6.45) is -1.04. The second-order valence-electron chi connectivity index (χ2n) is 2.71. The molecule has 0 saturated carbocycles. The average Bonchev–Trinajstić information content (AvgIpc) is 2.25. The summed E-state index contributed by atoms with van der Waals surface area (Å²) in [7, 11) is 0. The van der Waals surface area contributed by atoms with Crippen LogP contribution in [0.15, 0.2) is 29.2 Å².